The zero-order valence-electron chi connectivity index (χ0n) is 17.8. The molecule has 1 aliphatic rings. The summed E-state index contributed by atoms with van der Waals surface area (Å²) in [4.78, 5) is 25.8. The van der Waals surface area contributed by atoms with E-state index < -0.39 is 30.0 Å². The molecule has 0 aromatic carbocycles. The molecule has 0 aliphatic heterocycles. The Kier molecular flexibility index (Phi) is 8.84. The van der Waals surface area contributed by atoms with Crippen molar-refractivity contribution in [3.05, 3.63) is 11.1 Å². The fraction of sp³-hybridized carbons (Fsp3) is 0.818. The molecule has 1 rings (SSSR count). The van der Waals surface area contributed by atoms with Gasteiger partial charge in [0.05, 0.1) is 24.2 Å². The van der Waals surface area contributed by atoms with Crippen molar-refractivity contribution in [2.45, 2.75) is 85.4 Å². The summed E-state index contributed by atoms with van der Waals surface area (Å²) in [7, 11) is 0. The molecule has 5 heteroatoms. The number of ketones is 2. The summed E-state index contributed by atoms with van der Waals surface area (Å²) in [5.74, 6) is -0.931. The maximum absolute atomic E-state index is 13.1. The molecule has 0 spiro atoms. The van der Waals surface area contributed by atoms with Gasteiger partial charge in [-0.2, -0.15) is 0 Å². The average molecular weight is 383 g/mol. The molecule has 0 saturated carbocycles. The highest BCUT2D eigenvalue weighted by Crippen LogP contribution is 2.45. The quantitative estimate of drug-likeness (QED) is 0.477. The second kappa shape index (κ2) is 9.94. The number of carbonyl (C=O) groups is 2. The van der Waals surface area contributed by atoms with Crippen molar-refractivity contribution >= 4 is 11.6 Å². The van der Waals surface area contributed by atoms with E-state index in [-0.39, 0.29) is 29.3 Å². The van der Waals surface area contributed by atoms with E-state index in [9.17, 15) is 24.9 Å². The molecule has 0 fully saturated rings. The van der Waals surface area contributed by atoms with E-state index >= 15 is 0 Å². The summed E-state index contributed by atoms with van der Waals surface area (Å²) in [6.07, 6.45) is 1.07. The zero-order valence-corrected chi connectivity index (χ0v) is 17.8. The lowest BCUT2D eigenvalue weighted by molar-refractivity contribution is -0.134. The van der Waals surface area contributed by atoms with Crippen molar-refractivity contribution in [2.75, 3.05) is 6.61 Å². The van der Waals surface area contributed by atoms with Gasteiger partial charge in [0.15, 0.2) is 11.6 Å². The van der Waals surface area contributed by atoms with E-state index in [1.165, 1.54) is 0 Å². The van der Waals surface area contributed by atoms with E-state index in [1.54, 1.807) is 0 Å². The van der Waals surface area contributed by atoms with Crippen LogP contribution in [0.4, 0.5) is 0 Å². The molecule has 0 aromatic rings. The van der Waals surface area contributed by atoms with Gasteiger partial charge in [0.25, 0.3) is 0 Å². The SMILES string of the molecule is CC(C)CCC(O)[C@@]1(O)C(CO)=C(C(=O)CC(C)C)C(=O)C1CCC(C)C. The Hall–Kier alpha value is -1.04. The summed E-state index contributed by atoms with van der Waals surface area (Å²) in [5, 5.41) is 32.3. The molecule has 0 radical (unpaired) electrons. The van der Waals surface area contributed by atoms with Crippen molar-refractivity contribution < 1.29 is 24.9 Å². The van der Waals surface area contributed by atoms with Crippen molar-refractivity contribution in [1.29, 1.82) is 0 Å². The molecule has 1 aliphatic carbocycles. The normalized spacial score (nSPS) is 24.6. The highest BCUT2D eigenvalue weighted by atomic mass is 16.3. The summed E-state index contributed by atoms with van der Waals surface area (Å²) in [6, 6.07) is 0. The Morgan fingerprint density at radius 1 is 1.00 bits per heavy atom. The molecule has 0 amide bonds. The van der Waals surface area contributed by atoms with E-state index in [0.717, 1.165) is 0 Å². The number of allylic oxidation sites excluding steroid dienone is 1. The number of carbonyl (C=O) groups excluding carboxylic acids is 2. The third kappa shape index (κ3) is 5.49. The lowest BCUT2D eigenvalue weighted by Crippen LogP contribution is -2.50. The van der Waals surface area contributed by atoms with E-state index in [2.05, 4.69) is 0 Å². The third-order valence-corrected chi connectivity index (χ3v) is 5.47. The third-order valence-electron chi connectivity index (χ3n) is 5.47. The molecule has 5 nitrogen and oxygen atoms in total. The van der Waals surface area contributed by atoms with Gasteiger partial charge in [0.1, 0.15) is 5.60 Å². The van der Waals surface area contributed by atoms with Crippen LogP contribution >= 0.6 is 0 Å². The van der Waals surface area contributed by atoms with Crippen LogP contribution in [0.1, 0.15) is 73.6 Å². The molecule has 0 aromatic heterocycles. The molecule has 0 bridgehead atoms. The summed E-state index contributed by atoms with van der Waals surface area (Å²) in [6.45, 7) is 11.3. The minimum absolute atomic E-state index is 0.0168. The Balaban J connectivity index is 3.35. The number of aliphatic hydroxyl groups is 3. The zero-order chi connectivity index (χ0) is 20.9. The molecule has 0 saturated heterocycles. The highest BCUT2D eigenvalue weighted by Gasteiger charge is 2.57. The lowest BCUT2D eigenvalue weighted by atomic mass is 9.76. The lowest BCUT2D eigenvalue weighted by Gasteiger charge is -2.36. The van der Waals surface area contributed by atoms with Gasteiger partial charge in [-0.25, -0.2) is 0 Å². The highest BCUT2D eigenvalue weighted by molar-refractivity contribution is 6.24. The maximum Gasteiger partial charge on any atom is 0.172 e. The smallest absolute Gasteiger partial charge is 0.172 e. The summed E-state index contributed by atoms with van der Waals surface area (Å²) < 4.78 is 0. The van der Waals surface area contributed by atoms with E-state index in [1.807, 2.05) is 41.5 Å². The van der Waals surface area contributed by atoms with Gasteiger partial charge < -0.3 is 15.3 Å². The molecule has 3 atom stereocenters. The van der Waals surface area contributed by atoms with Crippen LogP contribution in [0.5, 0.6) is 0 Å². The van der Waals surface area contributed by atoms with Crippen LogP contribution in [0.2, 0.25) is 0 Å². The fourth-order valence-corrected chi connectivity index (χ4v) is 3.91. The predicted molar refractivity (Wildman–Crippen MR) is 106 cm³/mol. The van der Waals surface area contributed by atoms with Gasteiger partial charge in [0.2, 0.25) is 0 Å². The Morgan fingerprint density at radius 3 is 2.00 bits per heavy atom. The molecular weight excluding hydrogens is 344 g/mol. The minimum Gasteiger partial charge on any atom is -0.392 e. The van der Waals surface area contributed by atoms with Crippen LogP contribution in [0.15, 0.2) is 11.1 Å². The molecule has 0 heterocycles. The minimum atomic E-state index is -1.86. The first-order valence-electron chi connectivity index (χ1n) is 10.3. The number of Topliss-reactive ketones (excluding diaryl/α,β-unsaturated/α-hetero) is 2. The first-order valence-corrected chi connectivity index (χ1v) is 10.3. The second-order valence-electron chi connectivity index (χ2n) is 9.23. The topological polar surface area (TPSA) is 94.8 Å². The number of hydrogen-bond donors (Lipinski definition) is 3. The Labute approximate surface area is 163 Å². The maximum atomic E-state index is 13.1. The van der Waals surface area contributed by atoms with Crippen LogP contribution in [0, 0.1) is 23.7 Å². The van der Waals surface area contributed by atoms with Gasteiger partial charge in [0, 0.05) is 12.0 Å². The monoisotopic (exact) mass is 382 g/mol. The first kappa shape index (κ1) is 24.0. The predicted octanol–water partition coefficient (Wildman–Crippen LogP) is 3.05. The van der Waals surface area contributed by atoms with Crippen molar-refractivity contribution in [1.82, 2.24) is 0 Å². The van der Waals surface area contributed by atoms with Crippen molar-refractivity contribution in [2.24, 2.45) is 23.7 Å². The van der Waals surface area contributed by atoms with Crippen LogP contribution in [-0.4, -0.2) is 45.2 Å². The van der Waals surface area contributed by atoms with Crippen LogP contribution in [0.3, 0.4) is 0 Å². The molecule has 2 unspecified atom stereocenters. The summed E-state index contributed by atoms with van der Waals surface area (Å²) in [5.41, 5.74) is -1.92. The second-order valence-corrected chi connectivity index (χ2v) is 9.23. The van der Waals surface area contributed by atoms with Gasteiger partial charge >= 0.3 is 0 Å². The average Bonchev–Trinajstić information content (AvgIpc) is 2.77. The molecule has 156 valence electrons. The summed E-state index contributed by atoms with van der Waals surface area (Å²) >= 11 is 0. The largest absolute Gasteiger partial charge is 0.392 e. The van der Waals surface area contributed by atoms with Crippen LogP contribution < -0.4 is 0 Å². The first-order chi connectivity index (χ1) is 12.5. The van der Waals surface area contributed by atoms with E-state index in [4.69, 9.17) is 0 Å². The fourth-order valence-electron chi connectivity index (χ4n) is 3.91. The van der Waals surface area contributed by atoms with Crippen LogP contribution in [-0.2, 0) is 9.59 Å². The van der Waals surface area contributed by atoms with Crippen molar-refractivity contribution in [3.63, 3.8) is 0 Å². The number of aliphatic hydroxyl groups excluding tert-OH is 2. The Morgan fingerprint density at radius 2 is 1.56 bits per heavy atom. The number of rotatable bonds is 11. The standard InChI is InChI=1S/C22H38O5/c1-13(2)7-9-16-21(26)20(18(24)11-15(5)6)17(12-23)22(16,27)19(25)10-8-14(3)4/h13-16,19,23,25,27H,7-12H2,1-6H3/t16?,19?,22-/m0/s1. The number of hydrogen-bond acceptors (Lipinski definition) is 5. The van der Waals surface area contributed by atoms with Gasteiger partial charge in [-0.3, -0.25) is 9.59 Å². The molecular formula is C22H38O5. The molecule has 3 N–H and O–H groups in total. The van der Waals surface area contributed by atoms with Gasteiger partial charge in [-0.05, 0) is 37.0 Å². The van der Waals surface area contributed by atoms with E-state index in [0.29, 0.717) is 37.5 Å². The van der Waals surface area contributed by atoms with Crippen molar-refractivity contribution in [3.8, 4) is 0 Å². The Bertz CT molecular complexity index is 561. The van der Waals surface area contributed by atoms with Crippen LogP contribution in [0.25, 0.3) is 0 Å². The van der Waals surface area contributed by atoms with Gasteiger partial charge in [-0.15, -0.1) is 0 Å². The molecule has 27 heavy (non-hydrogen) atoms. The van der Waals surface area contributed by atoms with Gasteiger partial charge in [-0.1, -0.05) is 48.0 Å².